The van der Waals surface area contributed by atoms with Gasteiger partial charge in [-0.05, 0) is 19.8 Å². The summed E-state index contributed by atoms with van der Waals surface area (Å²) in [5, 5.41) is 23.4. The quantitative estimate of drug-likeness (QED) is 0.171. The normalized spacial score (nSPS) is 19.2. The molecule has 1 aromatic rings. The van der Waals surface area contributed by atoms with Gasteiger partial charge < -0.3 is 42.2 Å². The second kappa shape index (κ2) is 11.4. The lowest BCUT2D eigenvalue weighted by Gasteiger charge is -2.29. The van der Waals surface area contributed by atoms with Crippen LogP contribution in [0.5, 0.6) is 0 Å². The molecule has 0 radical (unpaired) electrons. The van der Waals surface area contributed by atoms with Gasteiger partial charge in [-0.1, -0.05) is 0 Å². The first kappa shape index (κ1) is 25.7. The Morgan fingerprint density at radius 1 is 1.30 bits per heavy atom. The van der Waals surface area contributed by atoms with Crippen LogP contribution in [0.4, 0.5) is 0 Å². The van der Waals surface area contributed by atoms with E-state index >= 15 is 0 Å². The Bertz CT molecular complexity index is 874. The summed E-state index contributed by atoms with van der Waals surface area (Å²) in [6.45, 7) is 1.36. The van der Waals surface area contributed by atoms with Gasteiger partial charge in [0.15, 0.2) is 6.04 Å². The van der Waals surface area contributed by atoms with Crippen molar-refractivity contribution in [3.63, 3.8) is 0 Å². The lowest BCUT2D eigenvalue weighted by Crippen LogP contribution is -2.58. The molecule has 2 rings (SSSR count). The molecule has 14 nitrogen and oxygen atoms in total. The number of aromatic amines is 1. The zero-order chi connectivity index (χ0) is 24.7. The van der Waals surface area contributed by atoms with Gasteiger partial charge in [-0.15, -0.1) is 0 Å². The van der Waals surface area contributed by atoms with Gasteiger partial charge in [-0.3, -0.25) is 19.2 Å². The maximum atomic E-state index is 13.1. The van der Waals surface area contributed by atoms with Gasteiger partial charge in [0.05, 0.1) is 24.9 Å². The van der Waals surface area contributed by atoms with E-state index < -0.39 is 66.3 Å². The molecule has 1 aliphatic heterocycles. The molecule has 0 bridgehead atoms. The molecular weight excluding hydrogens is 438 g/mol. The number of carbonyl (C=O) groups is 5. The number of hydrogen-bond donors (Lipinski definition) is 7. The van der Waals surface area contributed by atoms with Crippen molar-refractivity contribution in [2.45, 2.75) is 62.9 Å². The van der Waals surface area contributed by atoms with Crippen molar-refractivity contribution in [3.05, 3.63) is 18.2 Å². The molecule has 0 aliphatic carbocycles. The third kappa shape index (κ3) is 6.98. The summed E-state index contributed by atoms with van der Waals surface area (Å²) < 4.78 is 0. The van der Waals surface area contributed by atoms with Gasteiger partial charge >= 0.3 is 5.97 Å². The zero-order valence-electron chi connectivity index (χ0n) is 18.1. The van der Waals surface area contributed by atoms with Crippen LogP contribution >= 0.6 is 0 Å². The molecule has 14 heteroatoms. The Morgan fingerprint density at radius 2 is 2.00 bits per heavy atom. The highest BCUT2D eigenvalue weighted by molar-refractivity contribution is 5.96. The fourth-order valence-corrected chi connectivity index (χ4v) is 3.55. The van der Waals surface area contributed by atoms with Crippen molar-refractivity contribution in [3.8, 4) is 0 Å². The molecule has 182 valence electrons. The smallest absolute Gasteiger partial charge is 0.328 e. The molecule has 0 spiro atoms. The number of primary amides is 1. The molecular formula is C19H29N7O7. The number of nitrogens with zero attached hydrogens (tertiary/aromatic N) is 2. The van der Waals surface area contributed by atoms with Crippen molar-refractivity contribution in [1.29, 1.82) is 0 Å². The van der Waals surface area contributed by atoms with Crippen molar-refractivity contribution < 1.29 is 34.2 Å². The van der Waals surface area contributed by atoms with Gasteiger partial charge in [0.2, 0.25) is 23.6 Å². The summed E-state index contributed by atoms with van der Waals surface area (Å²) >= 11 is 0. The summed E-state index contributed by atoms with van der Waals surface area (Å²) in [5.41, 5.74) is 11.7. The number of aliphatic carboxylic acids is 1. The van der Waals surface area contributed by atoms with E-state index in [0.717, 1.165) is 4.90 Å². The number of H-pyrrole nitrogens is 1. The molecule has 1 fully saturated rings. The third-order valence-electron chi connectivity index (χ3n) is 5.24. The van der Waals surface area contributed by atoms with E-state index in [4.69, 9.17) is 16.6 Å². The highest BCUT2D eigenvalue weighted by Gasteiger charge is 2.40. The number of nitrogens with two attached hydrogens (primary N) is 2. The van der Waals surface area contributed by atoms with Crippen LogP contribution in [0, 0.1) is 0 Å². The van der Waals surface area contributed by atoms with Crippen LogP contribution in [-0.4, -0.2) is 91.5 Å². The number of carboxylic acid groups (broad SMARTS) is 1. The number of amides is 4. The van der Waals surface area contributed by atoms with Crippen LogP contribution in [0.25, 0.3) is 0 Å². The van der Waals surface area contributed by atoms with Crippen molar-refractivity contribution in [2.24, 2.45) is 11.5 Å². The standard InChI is InChI=1S/C19H29N7O7/c1-9(27)15(19(32)33)25-17(30)13-3-2-4-26(13)18(31)12(6-14(21)28)24-16(29)11(20)5-10-7-22-8-23-10/h7-9,11-13,15,27H,2-6,20H2,1H3,(H2,21,28)(H,22,23)(H,24,29)(H,25,30)(H,32,33). The average Bonchev–Trinajstić information content (AvgIpc) is 3.41. The number of imidazole rings is 1. The van der Waals surface area contributed by atoms with Gasteiger partial charge in [-0.2, -0.15) is 0 Å². The number of aliphatic hydroxyl groups excluding tert-OH is 1. The minimum Gasteiger partial charge on any atom is -0.480 e. The van der Waals surface area contributed by atoms with E-state index in [0.29, 0.717) is 12.1 Å². The van der Waals surface area contributed by atoms with Gasteiger partial charge in [0, 0.05) is 24.9 Å². The molecule has 9 N–H and O–H groups in total. The number of carbonyl (C=O) groups excluding carboxylic acids is 4. The second-order valence-electron chi connectivity index (χ2n) is 7.87. The Labute approximate surface area is 189 Å². The molecule has 0 saturated carbocycles. The summed E-state index contributed by atoms with van der Waals surface area (Å²) in [4.78, 5) is 68.9. The fraction of sp³-hybridized carbons (Fsp3) is 0.579. The number of aliphatic hydroxyl groups is 1. The van der Waals surface area contributed by atoms with E-state index in [1.165, 1.54) is 19.4 Å². The van der Waals surface area contributed by atoms with E-state index in [9.17, 15) is 29.1 Å². The largest absolute Gasteiger partial charge is 0.480 e. The van der Waals surface area contributed by atoms with Crippen LogP contribution in [0.3, 0.4) is 0 Å². The molecule has 0 aromatic carbocycles. The molecule has 2 heterocycles. The maximum Gasteiger partial charge on any atom is 0.328 e. The lowest BCUT2D eigenvalue weighted by atomic mass is 10.1. The molecule has 1 saturated heterocycles. The van der Waals surface area contributed by atoms with Crippen LogP contribution in [-0.2, 0) is 30.4 Å². The number of aromatic nitrogens is 2. The van der Waals surface area contributed by atoms with Crippen molar-refractivity contribution in [2.75, 3.05) is 6.54 Å². The molecule has 5 atom stereocenters. The first-order valence-electron chi connectivity index (χ1n) is 10.3. The summed E-state index contributed by atoms with van der Waals surface area (Å²) in [6, 6.07) is -5.00. The first-order chi connectivity index (χ1) is 15.5. The lowest BCUT2D eigenvalue weighted by molar-refractivity contribution is -0.147. The maximum absolute atomic E-state index is 13.1. The van der Waals surface area contributed by atoms with E-state index in [1.54, 1.807) is 0 Å². The van der Waals surface area contributed by atoms with Crippen molar-refractivity contribution in [1.82, 2.24) is 25.5 Å². The Hall–Kier alpha value is -3.52. The molecule has 1 aromatic heterocycles. The van der Waals surface area contributed by atoms with E-state index in [1.807, 2.05) is 0 Å². The summed E-state index contributed by atoms with van der Waals surface area (Å²) in [5.74, 6) is -4.48. The van der Waals surface area contributed by atoms with E-state index in [-0.39, 0.29) is 19.4 Å². The Kier molecular flexibility index (Phi) is 8.87. The van der Waals surface area contributed by atoms with Gasteiger partial charge in [0.1, 0.15) is 12.1 Å². The minimum absolute atomic E-state index is 0.105. The predicted octanol–water partition coefficient (Wildman–Crippen LogP) is -3.42. The topological polar surface area (TPSA) is 234 Å². The molecule has 5 unspecified atom stereocenters. The van der Waals surface area contributed by atoms with Crippen LogP contribution in [0.2, 0.25) is 0 Å². The molecule has 33 heavy (non-hydrogen) atoms. The monoisotopic (exact) mass is 467 g/mol. The summed E-state index contributed by atoms with van der Waals surface area (Å²) in [6.07, 6.45) is 1.81. The number of carboxylic acids is 1. The third-order valence-corrected chi connectivity index (χ3v) is 5.24. The van der Waals surface area contributed by atoms with Crippen LogP contribution in [0.1, 0.15) is 31.9 Å². The Balaban J connectivity index is 2.11. The zero-order valence-corrected chi connectivity index (χ0v) is 18.1. The number of hydrogen-bond acceptors (Lipinski definition) is 8. The number of rotatable bonds is 11. The Morgan fingerprint density at radius 3 is 2.55 bits per heavy atom. The first-order valence-corrected chi connectivity index (χ1v) is 10.3. The molecule has 4 amide bonds. The van der Waals surface area contributed by atoms with E-state index in [2.05, 4.69) is 20.6 Å². The highest BCUT2D eigenvalue weighted by atomic mass is 16.4. The van der Waals surface area contributed by atoms with Crippen LogP contribution in [0.15, 0.2) is 12.5 Å². The average molecular weight is 467 g/mol. The number of likely N-dealkylation sites (tertiary alicyclic amines) is 1. The predicted molar refractivity (Wildman–Crippen MR) is 112 cm³/mol. The fourth-order valence-electron chi connectivity index (χ4n) is 3.55. The number of nitrogens with one attached hydrogen (secondary N) is 3. The minimum atomic E-state index is -1.56. The second-order valence-corrected chi connectivity index (χ2v) is 7.87. The van der Waals surface area contributed by atoms with Gasteiger partial charge in [0.25, 0.3) is 0 Å². The molecule has 1 aliphatic rings. The van der Waals surface area contributed by atoms with Crippen LogP contribution < -0.4 is 22.1 Å². The van der Waals surface area contributed by atoms with Gasteiger partial charge in [-0.25, -0.2) is 9.78 Å². The SMILES string of the molecule is CC(O)C(NC(=O)C1CCCN1C(=O)C(CC(N)=O)NC(=O)C(N)Cc1cnc[nH]1)C(=O)O. The van der Waals surface area contributed by atoms with Crippen molar-refractivity contribution >= 4 is 29.6 Å². The highest BCUT2D eigenvalue weighted by Crippen LogP contribution is 2.20. The summed E-state index contributed by atoms with van der Waals surface area (Å²) in [7, 11) is 0.